The van der Waals surface area contributed by atoms with Gasteiger partial charge in [-0.15, -0.1) is 0 Å². The standard InChI is InChI=1S/C10H12O2.C2H6/c1-2-12-10-6-4-3-5-9(10)7-8-11;1-2/h3-6,8H,2,7H2,1H3;1-2H3. The molecule has 14 heavy (non-hydrogen) atoms. The monoisotopic (exact) mass is 194 g/mol. The van der Waals surface area contributed by atoms with E-state index in [1.165, 1.54) is 0 Å². The molecule has 0 aliphatic heterocycles. The zero-order valence-electron chi connectivity index (χ0n) is 9.12. The minimum atomic E-state index is 0.427. The molecule has 78 valence electrons. The molecular formula is C12H18O2. The van der Waals surface area contributed by atoms with Crippen LogP contribution in [0.2, 0.25) is 0 Å². The van der Waals surface area contributed by atoms with Crippen molar-refractivity contribution in [2.24, 2.45) is 0 Å². The Labute approximate surface area is 85.9 Å². The molecule has 0 heterocycles. The fourth-order valence-corrected chi connectivity index (χ4v) is 1.06. The second-order valence-electron chi connectivity index (χ2n) is 2.41. The van der Waals surface area contributed by atoms with Crippen LogP contribution in [0, 0.1) is 0 Å². The minimum Gasteiger partial charge on any atom is -0.494 e. The van der Waals surface area contributed by atoms with E-state index in [4.69, 9.17) is 4.74 Å². The van der Waals surface area contributed by atoms with Crippen LogP contribution < -0.4 is 4.74 Å². The summed E-state index contributed by atoms with van der Waals surface area (Å²) < 4.78 is 5.33. The number of rotatable bonds is 4. The summed E-state index contributed by atoms with van der Waals surface area (Å²) >= 11 is 0. The summed E-state index contributed by atoms with van der Waals surface area (Å²) in [5.74, 6) is 0.812. The van der Waals surface area contributed by atoms with Gasteiger partial charge in [0.2, 0.25) is 0 Å². The summed E-state index contributed by atoms with van der Waals surface area (Å²) in [4.78, 5) is 10.3. The van der Waals surface area contributed by atoms with Gasteiger partial charge in [-0.3, -0.25) is 0 Å². The summed E-state index contributed by atoms with van der Waals surface area (Å²) in [6, 6.07) is 7.59. The van der Waals surface area contributed by atoms with Crippen molar-refractivity contribution in [2.45, 2.75) is 27.2 Å². The lowest BCUT2D eigenvalue weighted by atomic mass is 10.1. The van der Waals surface area contributed by atoms with Crippen LogP contribution in [0.5, 0.6) is 5.75 Å². The average molecular weight is 194 g/mol. The molecule has 0 radical (unpaired) electrons. The van der Waals surface area contributed by atoms with Gasteiger partial charge < -0.3 is 9.53 Å². The van der Waals surface area contributed by atoms with E-state index in [-0.39, 0.29) is 0 Å². The van der Waals surface area contributed by atoms with E-state index in [0.29, 0.717) is 13.0 Å². The molecule has 0 fully saturated rings. The zero-order valence-corrected chi connectivity index (χ0v) is 9.12. The van der Waals surface area contributed by atoms with Gasteiger partial charge in [0, 0.05) is 12.0 Å². The van der Waals surface area contributed by atoms with Crippen molar-refractivity contribution in [2.75, 3.05) is 6.61 Å². The molecule has 1 aromatic rings. The molecular weight excluding hydrogens is 176 g/mol. The number of benzene rings is 1. The summed E-state index contributed by atoms with van der Waals surface area (Å²) in [6.45, 7) is 6.56. The van der Waals surface area contributed by atoms with E-state index in [0.717, 1.165) is 17.6 Å². The quantitative estimate of drug-likeness (QED) is 0.689. The summed E-state index contributed by atoms with van der Waals surface area (Å²) in [5.41, 5.74) is 0.953. The van der Waals surface area contributed by atoms with Crippen molar-refractivity contribution in [1.82, 2.24) is 0 Å². The van der Waals surface area contributed by atoms with Crippen LogP contribution in [-0.4, -0.2) is 12.9 Å². The Morgan fingerprint density at radius 1 is 1.29 bits per heavy atom. The highest BCUT2D eigenvalue weighted by molar-refractivity contribution is 5.57. The first-order valence-corrected chi connectivity index (χ1v) is 5.02. The van der Waals surface area contributed by atoms with Crippen molar-refractivity contribution in [3.05, 3.63) is 29.8 Å². The maximum Gasteiger partial charge on any atom is 0.124 e. The lowest BCUT2D eigenvalue weighted by Gasteiger charge is -2.06. The third-order valence-electron chi connectivity index (χ3n) is 1.58. The number of para-hydroxylation sites is 1. The lowest BCUT2D eigenvalue weighted by Crippen LogP contribution is -1.96. The van der Waals surface area contributed by atoms with E-state index in [1.54, 1.807) is 0 Å². The number of ether oxygens (including phenoxy) is 1. The number of aldehydes is 1. The van der Waals surface area contributed by atoms with Crippen LogP contribution in [-0.2, 0) is 11.2 Å². The summed E-state index contributed by atoms with van der Waals surface area (Å²) in [6.07, 6.45) is 1.31. The maximum atomic E-state index is 10.3. The number of carbonyl (C=O) groups excluding carboxylic acids is 1. The van der Waals surface area contributed by atoms with E-state index >= 15 is 0 Å². The maximum absolute atomic E-state index is 10.3. The molecule has 0 aliphatic carbocycles. The Hall–Kier alpha value is -1.31. The number of carbonyl (C=O) groups is 1. The van der Waals surface area contributed by atoms with Crippen molar-refractivity contribution in [3.8, 4) is 5.75 Å². The fraction of sp³-hybridized carbons (Fsp3) is 0.417. The first-order chi connectivity index (χ1) is 6.88. The SMILES string of the molecule is CC.CCOc1ccccc1CC=O. The molecule has 0 N–H and O–H groups in total. The normalized spacial score (nSPS) is 8.50. The van der Waals surface area contributed by atoms with Gasteiger partial charge in [-0.1, -0.05) is 32.0 Å². The predicted octanol–water partition coefficient (Wildman–Crippen LogP) is 2.85. The molecule has 0 aliphatic rings. The minimum absolute atomic E-state index is 0.427. The third kappa shape index (κ3) is 4.08. The van der Waals surface area contributed by atoms with Crippen molar-refractivity contribution < 1.29 is 9.53 Å². The molecule has 0 spiro atoms. The van der Waals surface area contributed by atoms with Crippen LogP contribution in [0.1, 0.15) is 26.3 Å². The Morgan fingerprint density at radius 3 is 2.50 bits per heavy atom. The van der Waals surface area contributed by atoms with Crippen molar-refractivity contribution in [3.63, 3.8) is 0 Å². The summed E-state index contributed by atoms with van der Waals surface area (Å²) in [7, 11) is 0. The van der Waals surface area contributed by atoms with Gasteiger partial charge in [-0.05, 0) is 13.0 Å². The number of hydrogen-bond donors (Lipinski definition) is 0. The van der Waals surface area contributed by atoms with E-state index in [2.05, 4.69) is 0 Å². The molecule has 1 rings (SSSR count). The predicted molar refractivity (Wildman–Crippen MR) is 58.7 cm³/mol. The second kappa shape index (κ2) is 8.30. The van der Waals surface area contributed by atoms with Gasteiger partial charge in [0.1, 0.15) is 12.0 Å². The summed E-state index contributed by atoms with van der Waals surface area (Å²) in [5, 5.41) is 0. The first kappa shape index (κ1) is 12.7. The molecule has 0 bridgehead atoms. The number of hydrogen-bond acceptors (Lipinski definition) is 2. The molecule has 0 saturated carbocycles. The molecule has 0 aromatic heterocycles. The molecule has 0 unspecified atom stereocenters. The molecule has 0 saturated heterocycles. The van der Waals surface area contributed by atoms with Crippen LogP contribution in [0.4, 0.5) is 0 Å². The van der Waals surface area contributed by atoms with Crippen LogP contribution in [0.25, 0.3) is 0 Å². The first-order valence-electron chi connectivity index (χ1n) is 5.02. The molecule has 2 heteroatoms. The van der Waals surface area contributed by atoms with Gasteiger partial charge >= 0.3 is 0 Å². The topological polar surface area (TPSA) is 26.3 Å². The highest BCUT2D eigenvalue weighted by Gasteiger charge is 1.99. The van der Waals surface area contributed by atoms with Gasteiger partial charge in [0.15, 0.2) is 0 Å². The Morgan fingerprint density at radius 2 is 1.93 bits per heavy atom. The molecule has 2 nitrogen and oxygen atoms in total. The van der Waals surface area contributed by atoms with Crippen LogP contribution in [0.15, 0.2) is 24.3 Å². The van der Waals surface area contributed by atoms with Gasteiger partial charge in [-0.2, -0.15) is 0 Å². The second-order valence-corrected chi connectivity index (χ2v) is 2.41. The van der Waals surface area contributed by atoms with E-state index in [1.807, 2.05) is 45.0 Å². The van der Waals surface area contributed by atoms with Crippen molar-refractivity contribution >= 4 is 6.29 Å². The Bertz CT molecular complexity index is 256. The smallest absolute Gasteiger partial charge is 0.124 e. The average Bonchev–Trinajstić information content (AvgIpc) is 2.25. The van der Waals surface area contributed by atoms with Gasteiger partial charge in [0.05, 0.1) is 6.61 Å². The highest BCUT2D eigenvalue weighted by atomic mass is 16.5. The van der Waals surface area contributed by atoms with Gasteiger partial charge in [0.25, 0.3) is 0 Å². The molecule has 0 atom stereocenters. The Kier molecular flexibility index (Phi) is 7.52. The van der Waals surface area contributed by atoms with Crippen LogP contribution in [0.3, 0.4) is 0 Å². The zero-order chi connectivity index (χ0) is 10.8. The van der Waals surface area contributed by atoms with Gasteiger partial charge in [-0.25, -0.2) is 0 Å². The lowest BCUT2D eigenvalue weighted by molar-refractivity contribution is -0.107. The van der Waals surface area contributed by atoms with Crippen molar-refractivity contribution in [1.29, 1.82) is 0 Å². The van der Waals surface area contributed by atoms with Crippen LogP contribution >= 0.6 is 0 Å². The molecule has 1 aromatic carbocycles. The fourth-order valence-electron chi connectivity index (χ4n) is 1.06. The third-order valence-corrected chi connectivity index (χ3v) is 1.58. The largest absolute Gasteiger partial charge is 0.494 e. The highest BCUT2D eigenvalue weighted by Crippen LogP contribution is 2.17. The van der Waals surface area contributed by atoms with E-state index < -0.39 is 0 Å². The van der Waals surface area contributed by atoms with E-state index in [9.17, 15) is 4.79 Å². The Balaban J connectivity index is 0.000000791. The molecule has 0 amide bonds.